The van der Waals surface area contributed by atoms with Gasteiger partial charge in [-0.3, -0.25) is 9.59 Å². The van der Waals surface area contributed by atoms with Gasteiger partial charge in [0.1, 0.15) is 11.5 Å². The highest BCUT2D eigenvalue weighted by atomic mass is 35.5. The fraction of sp³-hybridized carbons (Fsp3) is 0. The average Bonchev–Trinajstić information content (AvgIpc) is 2.82. The van der Waals surface area contributed by atoms with Crippen LogP contribution in [0, 0.1) is 0 Å². The maximum Gasteiger partial charge on any atom is 0.193 e. The molecule has 4 aromatic carbocycles. The summed E-state index contributed by atoms with van der Waals surface area (Å²) in [6, 6.07) is 25.7. The molecule has 4 nitrogen and oxygen atoms in total. The molecule has 0 saturated carbocycles. The first-order chi connectivity index (χ1) is 15.3. The van der Waals surface area contributed by atoms with E-state index in [9.17, 15) is 9.59 Å². The molecule has 0 atom stereocenters. The Morgan fingerprint density at radius 3 is 0.906 bits per heavy atom. The molecule has 6 heteroatoms. The normalized spacial score (nSPS) is 10.1. The van der Waals surface area contributed by atoms with Crippen LogP contribution in [0.5, 0.6) is 11.5 Å². The van der Waals surface area contributed by atoms with Crippen LogP contribution in [0.15, 0.2) is 97.1 Å². The third-order valence-corrected chi connectivity index (χ3v) is 4.98. The second kappa shape index (κ2) is 10.6. The van der Waals surface area contributed by atoms with Crippen molar-refractivity contribution in [2.45, 2.75) is 0 Å². The molecule has 0 unspecified atom stereocenters. The lowest BCUT2D eigenvalue weighted by Crippen LogP contribution is -2.04. The van der Waals surface area contributed by atoms with E-state index in [1.165, 1.54) is 24.3 Å². The van der Waals surface area contributed by atoms with Gasteiger partial charge in [0.15, 0.2) is 11.6 Å². The van der Waals surface area contributed by atoms with Crippen molar-refractivity contribution in [2.24, 2.45) is 0 Å². The quantitative estimate of drug-likeness (QED) is 0.265. The first-order valence-electron chi connectivity index (χ1n) is 9.52. The second-order valence-electron chi connectivity index (χ2n) is 6.77. The Balaban J connectivity index is 0.000000305. The van der Waals surface area contributed by atoms with Crippen molar-refractivity contribution in [3.63, 3.8) is 0 Å². The van der Waals surface area contributed by atoms with Crippen LogP contribution in [0.2, 0.25) is 10.0 Å². The summed E-state index contributed by atoms with van der Waals surface area (Å²) in [4.78, 5) is 24.8. The molecular weight excluding hydrogens is 447 g/mol. The molecule has 4 aromatic rings. The number of hydrogen-bond donors (Lipinski definition) is 2. The van der Waals surface area contributed by atoms with Crippen LogP contribution in [-0.4, -0.2) is 21.8 Å². The van der Waals surface area contributed by atoms with Gasteiger partial charge in [-0.25, -0.2) is 0 Å². The summed E-state index contributed by atoms with van der Waals surface area (Å²) < 4.78 is 0. The van der Waals surface area contributed by atoms with Gasteiger partial charge >= 0.3 is 0 Å². The van der Waals surface area contributed by atoms with Crippen LogP contribution >= 0.6 is 23.2 Å². The van der Waals surface area contributed by atoms with Crippen molar-refractivity contribution in [3.8, 4) is 11.5 Å². The molecule has 0 spiro atoms. The number of carbonyl (C=O) groups excluding carboxylic acids is 2. The van der Waals surface area contributed by atoms with Crippen LogP contribution in [0.25, 0.3) is 0 Å². The number of benzene rings is 4. The van der Waals surface area contributed by atoms with Crippen LogP contribution in [-0.2, 0) is 0 Å². The van der Waals surface area contributed by atoms with Gasteiger partial charge in [-0.2, -0.15) is 0 Å². The molecule has 0 radical (unpaired) electrons. The molecule has 0 aliphatic rings. The fourth-order valence-electron chi connectivity index (χ4n) is 2.76. The zero-order chi connectivity index (χ0) is 23.1. The molecule has 0 aliphatic carbocycles. The molecule has 0 amide bonds. The van der Waals surface area contributed by atoms with E-state index in [0.717, 1.165) is 0 Å². The number of phenols is 2. The molecule has 160 valence electrons. The zero-order valence-electron chi connectivity index (χ0n) is 16.7. The van der Waals surface area contributed by atoms with Crippen molar-refractivity contribution >= 4 is 34.8 Å². The molecule has 0 aliphatic heterocycles. The summed E-state index contributed by atoms with van der Waals surface area (Å²) in [5.41, 5.74) is 2.14. The smallest absolute Gasteiger partial charge is 0.193 e. The number of hydrogen-bond acceptors (Lipinski definition) is 4. The lowest BCUT2D eigenvalue weighted by atomic mass is 9.99. The van der Waals surface area contributed by atoms with Crippen molar-refractivity contribution in [1.82, 2.24) is 0 Å². The third-order valence-electron chi connectivity index (χ3n) is 4.47. The Bertz CT molecular complexity index is 1100. The van der Waals surface area contributed by atoms with Crippen LogP contribution in [0.4, 0.5) is 0 Å². The fourth-order valence-corrected chi connectivity index (χ4v) is 3.01. The highest BCUT2D eigenvalue weighted by molar-refractivity contribution is 6.31. The highest BCUT2D eigenvalue weighted by Crippen LogP contribution is 2.17. The van der Waals surface area contributed by atoms with E-state index < -0.39 is 0 Å². The summed E-state index contributed by atoms with van der Waals surface area (Å²) in [6.07, 6.45) is 0. The summed E-state index contributed by atoms with van der Waals surface area (Å²) >= 11 is 11.7. The van der Waals surface area contributed by atoms with E-state index in [1.54, 1.807) is 72.8 Å². The van der Waals surface area contributed by atoms with Gasteiger partial charge in [0.2, 0.25) is 0 Å². The predicted molar refractivity (Wildman–Crippen MR) is 126 cm³/mol. The minimum atomic E-state index is -0.114. The molecule has 32 heavy (non-hydrogen) atoms. The van der Waals surface area contributed by atoms with E-state index in [2.05, 4.69) is 0 Å². The second-order valence-corrected chi connectivity index (χ2v) is 7.64. The standard InChI is InChI=1S/C20H12Cl2O2.C6H6O2/c21-17-9-5-15(6-10-17)19(23)13-1-2-14(4-3-13)20(24)16-7-11-18(22)12-8-16;7-5-1-2-6(8)4-3-5/h1-12H;1-4,7-8H. The van der Waals surface area contributed by atoms with Crippen LogP contribution in [0.1, 0.15) is 31.8 Å². The average molecular weight is 465 g/mol. The Morgan fingerprint density at radius 2 is 0.656 bits per heavy atom. The molecule has 0 saturated heterocycles. The van der Waals surface area contributed by atoms with Crippen LogP contribution < -0.4 is 0 Å². The Hall–Kier alpha value is -3.60. The van der Waals surface area contributed by atoms with Gasteiger partial charge in [0.25, 0.3) is 0 Å². The lowest BCUT2D eigenvalue weighted by Gasteiger charge is -2.04. The summed E-state index contributed by atoms with van der Waals surface area (Å²) in [7, 11) is 0. The number of phenolic OH excluding ortho intramolecular Hbond substituents is 2. The van der Waals surface area contributed by atoms with E-state index in [0.29, 0.717) is 32.3 Å². The molecular formula is C26H18Cl2O4. The summed E-state index contributed by atoms with van der Waals surface area (Å²) in [5.74, 6) is 0.111. The maximum atomic E-state index is 12.4. The molecule has 0 aromatic heterocycles. The lowest BCUT2D eigenvalue weighted by molar-refractivity contribution is 0.102. The number of ketones is 2. The summed E-state index contributed by atoms with van der Waals surface area (Å²) in [6.45, 7) is 0. The Morgan fingerprint density at radius 1 is 0.438 bits per heavy atom. The molecule has 0 bridgehead atoms. The zero-order valence-corrected chi connectivity index (χ0v) is 18.2. The van der Waals surface area contributed by atoms with Gasteiger partial charge in [-0.1, -0.05) is 47.5 Å². The van der Waals surface area contributed by atoms with Gasteiger partial charge in [-0.15, -0.1) is 0 Å². The molecule has 2 N–H and O–H groups in total. The Labute approximate surface area is 195 Å². The third kappa shape index (κ3) is 6.20. The minimum absolute atomic E-state index is 0.114. The Kier molecular flexibility index (Phi) is 7.66. The van der Waals surface area contributed by atoms with E-state index in [-0.39, 0.29) is 23.1 Å². The highest BCUT2D eigenvalue weighted by Gasteiger charge is 2.12. The number of aromatic hydroxyl groups is 2. The number of halogens is 2. The van der Waals surface area contributed by atoms with Crippen molar-refractivity contribution in [3.05, 3.63) is 129 Å². The van der Waals surface area contributed by atoms with Crippen molar-refractivity contribution in [2.75, 3.05) is 0 Å². The number of rotatable bonds is 4. The topological polar surface area (TPSA) is 74.6 Å². The van der Waals surface area contributed by atoms with Crippen molar-refractivity contribution in [1.29, 1.82) is 0 Å². The van der Waals surface area contributed by atoms with Gasteiger partial charge in [-0.05, 0) is 72.8 Å². The SMILES string of the molecule is O=C(c1ccc(Cl)cc1)c1ccc(C(=O)c2ccc(Cl)cc2)cc1.Oc1ccc(O)cc1. The van der Waals surface area contributed by atoms with E-state index >= 15 is 0 Å². The van der Waals surface area contributed by atoms with Gasteiger partial charge in [0.05, 0.1) is 0 Å². The predicted octanol–water partition coefficient (Wildman–Crippen LogP) is 6.55. The van der Waals surface area contributed by atoms with Gasteiger partial charge < -0.3 is 10.2 Å². The van der Waals surface area contributed by atoms with Crippen LogP contribution in [0.3, 0.4) is 0 Å². The molecule has 0 fully saturated rings. The molecule has 4 rings (SSSR count). The number of carbonyl (C=O) groups is 2. The van der Waals surface area contributed by atoms with E-state index in [1.807, 2.05) is 0 Å². The monoisotopic (exact) mass is 464 g/mol. The largest absolute Gasteiger partial charge is 0.508 e. The van der Waals surface area contributed by atoms with Crippen molar-refractivity contribution < 1.29 is 19.8 Å². The van der Waals surface area contributed by atoms with Gasteiger partial charge in [0, 0.05) is 32.3 Å². The molecule has 0 heterocycles. The van der Waals surface area contributed by atoms with E-state index in [4.69, 9.17) is 33.4 Å². The maximum absolute atomic E-state index is 12.4. The first kappa shape index (κ1) is 23.1. The summed E-state index contributed by atoms with van der Waals surface area (Å²) in [5, 5.41) is 18.4. The first-order valence-corrected chi connectivity index (χ1v) is 10.3. The minimum Gasteiger partial charge on any atom is -0.508 e.